The topological polar surface area (TPSA) is 42.7 Å². The molecule has 1 aromatic carbocycles. The summed E-state index contributed by atoms with van der Waals surface area (Å²) >= 11 is 0. The van der Waals surface area contributed by atoms with Crippen molar-refractivity contribution in [3.8, 4) is 0 Å². The third kappa shape index (κ3) is 4.63. The molecule has 4 heteroatoms. The molecule has 0 heterocycles. The van der Waals surface area contributed by atoms with Crippen LogP contribution in [0.4, 0.5) is 10.5 Å². The molecule has 0 bridgehead atoms. The van der Waals surface area contributed by atoms with E-state index < -0.39 is 11.7 Å². The predicted octanol–water partition coefficient (Wildman–Crippen LogP) is 4.32. The van der Waals surface area contributed by atoms with Crippen molar-refractivity contribution in [2.45, 2.75) is 46.3 Å². The van der Waals surface area contributed by atoms with E-state index in [1.54, 1.807) is 6.07 Å². The Morgan fingerprint density at radius 1 is 1.42 bits per heavy atom. The van der Waals surface area contributed by atoms with Crippen molar-refractivity contribution in [3.63, 3.8) is 0 Å². The second-order valence-electron chi connectivity index (χ2n) is 5.51. The van der Waals surface area contributed by atoms with E-state index >= 15 is 0 Å². The molecule has 1 unspecified atom stereocenters. The zero-order chi connectivity index (χ0) is 14.6. The van der Waals surface area contributed by atoms with Crippen molar-refractivity contribution in [3.05, 3.63) is 40.7 Å². The van der Waals surface area contributed by atoms with Crippen molar-refractivity contribution >= 4 is 11.8 Å². The summed E-state index contributed by atoms with van der Waals surface area (Å²) < 4.78 is 5.20. The molecule has 1 atom stereocenters. The smallest absolute Gasteiger partial charge is 0.412 e. The van der Waals surface area contributed by atoms with Crippen LogP contribution in [0.3, 0.4) is 0 Å². The first kappa shape index (κ1) is 15.0. The second-order valence-corrected chi connectivity index (χ2v) is 5.51. The number of nitrogens with one attached hydrogen (secondary N) is 1. The molecule has 0 saturated heterocycles. The van der Waals surface area contributed by atoms with Gasteiger partial charge in [0.2, 0.25) is 6.04 Å². The molecule has 102 valence electrons. The van der Waals surface area contributed by atoms with Crippen molar-refractivity contribution in [2.24, 2.45) is 0 Å². The normalized spacial score (nSPS) is 12.4. The molecular formula is C15H20N2O2. The van der Waals surface area contributed by atoms with E-state index in [1.165, 1.54) is 0 Å². The van der Waals surface area contributed by atoms with E-state index in [4.69, 9.17) is 11.3 Å². The molecule has 4 nitrogen and oxygen atoms in total. The Labute approximate surface area is 114 Å². The lowest BCUT2D eigenvalue weighted by molar-refractivity contribution is 0.0636. The summed E-state index contributed by atoms with van der Waals surface area (Å²) in [5.74, 6) is 0. The number of carbonyl (C=O) groups excluding carboxylic acids is 1. The highest BCUT2D eigenvalue weighted by molar-refractivity contribution is 5.85. The van der Waals surface area contributed by atoms with Crippen LogP contribution in [0.1, 0.15) is 44.9 Å². The number of anilines is 1. The molecule has 0 saturated carbocycles. The van der Waals surface area contributed by atoms with Crippen molar-refractivity contribution in [1.82, 2.24) is 0 Å². The van der Waals surface area contributed by atoms with Gasteiger partial charge in [0, 0.05) is 18.2 Å². The van der Waals surface area contributed by atoms with E-state index in [0.29, 0.717) is 5.69 Å². The van der Waals surface area contributed by atoms with Gasteiger partial charge in [-0.15, -0.1) is 0 Å². The molecule has 0 aliphatic carbocycles. The summed E-state index contributed by atoms with van der Waals surface area (Å²) in [5.41, 5.74) is 2.05. The van der Waals surface area contributed by atoms with Gasteiger partial charge in [-0.3, -0.25) is 5.32 Å². The summed E-state index contributed by atoms with van der Waals surface area (Å²) in [6, 6.07) is 5.39. The zero-order valence-electron chi connectivity index (χ0n) is 12.1. The number of benzene rings is 1. The van der Waals surface area contributed by atoms with Crippen LogP contribution in [0.2, 0.25) is 0 Å². The van der Waals surface area contributed by atoms with Crippen molar-refractivity contribution < 1.29 is 9.53 Å². The molecule has 0 fully saturated rings. The molecule has 0 radical (unpaired) electrons. The minimum Gasteiger partial charge on any atom is -0.444 e. The first-order chi connectivity index (χ1) is 8.73. The molecule has 0 spiro atoms. The third-order valence-electron chi connectivity index (χ3n) is 2.56. The molecule has 0 aromatic heterocycles. The van der Waals surface area contributed by atoms with Gasteiger partial charge in [0.05, 0.1) is 0 Å². The highest BCUT2D eigenvalue weighted by Gasteiger charge is 2.17. The van der Waals surface area contributed by atoms with Gasteiger partial charge in [0.1, 0.15) is 5.60 Å². The Morgan fingerprint density at radius 3 is 2.53 bits per heavy atom. The van der Waals surface area contributed by atoms with Gasteiger partial charge in [-0.25, -0.2) is 11.4 Å². The Hall–Kier alpha value is -2.02. The van der Waals surface area contributed by atoms with Gasteiger partial charge in [0.15, 0.2) is 0 Å². The molecule has 0 aliphatic heterocycles. The lowest BCUT2D eigenvalue weighted by Gasteiger charge is -2.20. The first-order valence-electron chi connectivity index (χ1n) is 6.20. The van der Waals surface area contributed by atoms with Gasteiger partial charge >= 0.3 is 6.09 Å². The lowest BCUT2D eigenvalue weighted by atomic mass is 10.0. The summed E-state index contributed by atoms with van der Waals surface area (Å²) in [6.45, 7) is 16.2. The number of ether oxygens (including phenoxy) is 1. The average Bonchev–Trinajstić information content (AvgIpc) is 2.28. The number of hydrogen-bond acceptors (Lipinski definition) is 2. The minimum atomic E-state index is -0.517. The SMILES string of the molecule is [C-]#[N+]C(C)c1ccc(NC(=O)OC(C)(C)C)c(C)c1. The molecule has 1 aromatic rings. The highest BCUT2D eigenvalue weighted by Crippen LogP contribution is 2.23. The zero-order valence-corrected chi connectivity index (χ0v) is 12.1. The number of hydrogen-bond donors (Lipinski definition) is 1. The number of amides is 1. The molecule has 0 aliphatic rings. The summed E-state index contributed by atoms with van der Waals surface area (Å²) in [5, 5.41) is 2.71. The Balaban J connectivity index is 2.81. The molecule has 1 N–H and O–H groups in total. The fraction of sp³-hybridized carbons (Fsp3) is 0.467. The van der Waals surface area contributed by atoms with Gasteiger partial charge in [-0.05, 0) is 51.5 Å². The summed E-state index contributed by atoms with van der Waals surface area (Å²) in [7, 11) is 0. The maximum Gasteiger partial charge on any atom is 0.412 e. The van der Waals surface area contributed by atoms with Gasteiger partial charge in [-0.1, -0.05) is 0 Å². The number of aryl methyl sites for hydroxylation is 1. The monoisotopic (exact) mass is 260 g/mol. The molecule has 1 amide bonds. The maximum absolute atomic E-state index is 11.7. The minimum absolute atomic E-state index is 0.172. The number of rotatable bonds is 2. The van der Waals surface area contributed by atoms with Crippen molar-refractivity contribution in [2.75, 3.05) is 5.32 Å². The van der Waals surface area contributed by atoms with E-state index in [1.807, 2.05) is 46.8 Å². The van der Waals surface area contributed by atoms with Gasteiger partial charge < -0.3 is 9.58 Å². The quantitative estimate of drug-likeness (QED) is 0.804. The second kappa shape index (κ2) is 5.75. The van der Waals surface area contributed by atoms with Crippen LogP contribution < -0.4 is 5.32 Å². The first-order valence-corrected chi connectivity index (χ1v) is 6.20. The standard InChI is InChI=1S/C15H20N2O2/c1-10-9-12(11(2)16-6)7-8-13(10)17-14(18)19-15(3,4)5/h7-9,11H,1-5H3,(H,17,18). The van der Waals surface area contributed by atoms with Crippen LogP contribution in [0.15, 0.2) is 18.2 Å². The van der Waals surface area contributed by atoms with Gasteiger partial charge in [-0.2, -0.15) is 0 Å². The third-order valence-corrected chi connectivity index (χ3v) is 2.56. The molecule has 1 rings (SSSR count). The van der Waals surface area contributed by atoms with Gasteiger partial charge in [0.25, 0.3) is 0 Å². The van der Waals surface area contributed by atoms with E-state index in [2.05, 4.69) is 10.2 Å². The van der Waals surface area contributed by atoms with E-state index in [9.17, 15) is 4.79 Å². The van der Waals surface area contributed by atoms with E-state index in [0.717, 1.165) is 11.1 Å². The van der Waals surface area contributed by atoms with Crippen LogP contribution in [-0.4, -0.2) is 11.7 Å². The Kier molecular flexibility index (Phi) is 4.55. The fourth-order valence-electron chi connectivity index (χ4n) is 1.58. The molecular weight excluding hydrogens is 240 g/mol. The fourth-order valence-corrected chi connectivity index (χ4v) is 1.58. The number of carbonyl (C=O) groups is 1. The Bertz CT molecular complexity index is 510. The number of nitrogens with zero attached hydrogens (tertiary/aromatic N) is 1. The maximum atomic E-state index is 11.7. The highest BCUT2D eigenvalue weighted by atomic mass is 16.6. The largest absolute Gasteiger partial charge is 0.444 e. The van der Waals surface area contributed by atoms with Crippen LogP contribution in [-0.2, 0) is 4.74 Å². The van der Waals surface area contributed by atoms with E-state index in [-0.39, 0.29) is 6.04 Å². The molecule has 19 heavy (non-hydrogen) atoms. The van der Waals surface area contributed by atoms with Crippen LogP contribution >= 0.6 is 0 Å². The van der Waals surface area contributed by atoms with Crippen molar-refractivity contribution in [1.29, 1.82) is 0 Å². The van der Waals surface area contributed by atoms with Crippen LogP contribution in [0.5, 0.6) is 0 Å². The predicted molar refractivity (Wildman–Crippen MR) is 76.1 cm³/mol. The van der Waals surface area contributed by atoms with Crippen LogP contribution in [0, 0.1) is 13.5 Å². The average molecular weight is 260 g/mol. The summed E-state index contributed by atoms with van der Waals surface area (Å²) in [4.78, 5) is 15.2. The Morgan fingerprint density at radius 2 is 2.05 bits per heavy atom. The van der Waals surface area contributed by atoms with Crippen LogP contribution in [0.25, 0.3) is 4.85 Å². The summed E-state index contributed by atoms with van der Waals surface area (Å²) in [6.07, 6.45) is -0.471. The lowest BCUT2D eigenvalue weighted by Crippen LogP contribution is -2.27.